The number of halogens is 2. The maximum absolute atomic E-state index is 13.7. The van der Waals surface area contributed by atoms with Crippen LogP contribution in [0.15, 0.2) is 60.9 Å². The second kappa shape index (κ2) is 7.69. The number of aromatic nitrogens is 2. The quantitative estimate of drug-likeness (QED) is 0.727. The van der Waals surface area contributed by atoms with Gasteiger partial charge in [0.15, 0.2) is 0 Å². The zero-order valence-electron chi connectivity index (χ0n) is 13.9. The number of hydrogen-bond acceptors (Lipinski definition) is 4. The van der Waals surface area contributed by atoms with Crippen molar-refractivity contribution < 1.29 is 13.6 Å². The molecule has 0 fully saturated rings. The predicted molar refractivity (Wildman–Crippen MR) is 94.0 cm³/mol. The van der Waals surface area contributed by atoms with Gasteiger partial charge in [0.2, 0.25) is 0 Å². The van der Waals surface area contributed by atoms with Crippen molar-refractivity contribution in [3.63, 3.8) is 0 Å². The normalized spacial score (nSPS) is 11.7. The van der Waals surface area contributed by atoms with Gasteiger partial charge in [-0.3, -0.25) is 4.79 Å². The van der Waals surface area contributed by atoms with Crippen molar-refractivity contribution in [2.75, 3.05) is 5.32 Å². The van der Waals surface area contributed by atoms with Crippen molar-refractivity contribution >= 4 is 17.4 Å². The molecule has 1 unspecified atom stereocenters. The summed E-state index contributed by atoms with van der Waals surface area (Å²) in [6.07, 6.45) is 1.16. The molecule has 1 aromatic heterocycles. The molecule has 0 spiro atoms. The number of para-hydroxylation sites is 1. The first-order valence-electron chi connectivity index (χ1n) is 7.93. The van der Waals surface area contributed by atoms with Crippen LogP contribution in [0.25, 0.3) is 0 Å². The minimum atomic E-state index is -0.757. The first-order chi connectivity index (χ1) is 12.5. The molecule has 5 nitrogen and oxygen atoms in total. The summed E-state index contributed by atoms with van der Waals surface area (Å²) in [6.45, 7) is 1.85. The fourth-order valence-corrected chi connectivity index (χ4v) is 2.39. The van der Waals surface area contributed by atoms with Crippen molar-refractivity contribution in [3.8, 4) is 0 Å². The van der Waals surface area contributed by atoms with Crippen LogP contribution in [0.2, 0.25) is 0 Å². The number of rotatable bonds is 5. The van der Waals surface area contributed by atoms with E-state index in [4.69, 9.17) is 0 Å². The Labute approximate surface area is 149 Å². The molecule has 1 amide bonds. The Balaban J connectivity index is 1.75. The number of nitrogens with one attached hydrogen (secondary N) is 2. The predicted octanol–water partition coefficient (Wildman–Crippen LogP) is 3.99. The lowest BCUT2D eigenvalue weighted by atomic mass is 10.1. The molecule has 0 saturated carbocycles. The smallest absolute Gasteiger partial charge is 0.270 e. The topological polar surface area (TPSA) is 66.9 Å². The van der Waals surface area contributed by atoms with E-state index >= 15 is 0 Å². The van der Waals surface area contributed by atoms with E-state index in [1.807, 2.05) is 37.3 Å². The molecule has 26 heavy (non-hydrogen) atoms. The first-order valence-corrected chi connectivity index (χ1v) is 7.93. The van der Waals surface area contributed by atoms with Gasteiger partial charge in [-0.05, 0) is 24.6 Å². The Morgan fingerprint density at radius 3 is 2.38 bits per heavy atom. The lowest BCUT2D eigenvalue weighted by Crippen LogP contribution is -2.27. The first kappa shape index (κ1) is 17.5. The maximum Gasteiger partial charge on any atom is 0.270 e. The molecule has 0 aliphatic rings. The molecule has 3 rings (SSSR count). The van der Waals surface area contributed by atoms with E-state index < -0.39 is 17.5 Å². The van der Waals surface area contributed by atoms with Crippen LogP contribution < -0.4 is 10.6 Å². The van der Waals surface area contributed by atoms with Gasteiger partial charge in [-0.2, -0.15) is 0 Å². The van der Waals surface area contributed by atoms with Crippen LogP contribution >= 0.6 is 0 Å². The zero-order chi connectivity index (χ0) is 18.5. The Kier molecular flexibility index (Phi) is 5.17. The van der Waals surface area contributed by atoms with Crippen molar-refractivity contribution in [1.29, 1.82) is 0 Å². The second-order valence-corrected chi connectivity index (χ2v) is 5.62. The van der Waals surface area contributed by atoms with E-state index in [-0.39, 0.29) is 23.2 Å². The monoisotopic (exact) mass is 354 g/mol. The van der Waals surface area contributed by atoms with Gasteiger partial charge in [0.25, 0.3) is 5.91 Å². The number of amides is 1. The largest absolute Gasteiger partial charge is 0.344 e. The molecule has 2 N–H and O–H groups in total. The van der Waals surface area contributed by atoms with Crippen molar-refractivity contribution in [3.05, 3.63) is 83.8 Å². The van der Waals surface area contributed by atoms with Crippen molar-refractivity contribution in [2.24, 2.45) is 0 Å². The molecule has 1 atom stereocenters. The van der Waals surface area contributed by atoms with Gasteiger partial charge < -0.3 is 10.6 Å². The third-order valence-corrected chi connectivity index (χ3v) is 3.76. The van der Waals surface area contributed by atoms with E-state index in [1.54, 1.807) is 0 Å². The molecule has 7 heteroatoms. The molecule has 0 bridgehead atoms. The SMILES string of the molecule is CC(NC(=O)c1cc(Nc2c(F)cccc2F)ncn1)c1ccccc1. The summed E-state index contributed by atoms with van der Waals surface area (Å²) < 4.78 is 27.5. The molecule has 0 aliphatic carbocycles. The number of nitrogens with zero attached hydrogens (tertiary/aromatic N) is 2. The fraction of sp³-hybridized carbons (Fsp3) is 0.105. The summed E-state index contributed by atoms with van der Waals surface area (Å²) in [6, 6.07) is 14.1. The van der Waals surface area contributed by atoms with Gasteiger partial charge in [-0.15, -0.1) is 0 Å². The second-order valence-electron chi connectivity index (χ2n) is 5.62. The van der Waals surface area contributed by atoms with E-state index in [0.29, 0.717) is 0 Å². The minimum absolute atomic E-state index is 0.0852. The highest BCUT2D eigenvalue weighted by atomic mass is 19.1. The molecule has 2 aromatic carbocycles. The van der Waals surface area contributed by atoms with Crippen molar-refractivity contribution in [1.82, 2.24) is 15.3 Å². The molecule has 1 heterocycles. The molecule has 0 saturated heterocycles. The fourth-order valence-electron chi connectivity index (χ4n) is 2.39. The number of benzene rings is 2. The lowest BCUT2D eigenvalue weighted by molar-refractivity contribution is 0.0934. The average molecular weight is 354 g/mol. The summed E-state index contributed by atoms with van der Waals surface area (Å²) in [5.74, 6) is -1.82. The van der Waals surface area contributed by atoms with Gasteiger partial charge in [0, 0.05) is 6.07 Å². The Hall–Kier alpha value is -3.35. The van der Waals surface area contributed by atoms with E-state index in [0.717, 1.165) is 24.0 Å². The maximum atomic E-state index is 13.7. The third-order valence-electron chi connectivity index (χ3n) is 3.76. The van der Waals surface area contributed by atoms with Crippen LogP contribution in [0.1, 0.15) is 29.0 Å². The van der Waals surface area contributed by atoms with E-state index in [9.17, 15) is 13.6 Å². The van der Waals surface area contributed by atoms with Crippen LogP contribution in [0.4, 0.5) is 20.3 Å². The zero-order valence-corrected chi connectivity index (χ0v) is 13.9. The molecule has 0 aliphatic heterocycles. The summed E-state index contributed by atoms with van der Waals surface area (Å²) in [7, 11) is 0. The Morgan fingerprint density at radius 1 is 1.00 bits per heavy atom. The molecule has 132 valence electrons. The molecule has 0 radical (unpaired) electrons. The van der Waals surface area contributed by atoms with Gasteiger partial charge >= 0.3 is 0 Å². The van der Waals surface area contributed by atoms with Crippen LogP contribution in [-0.4, -0.2) is 15.9 Å². The van der Waals surface area contributed by atoms with Gasteiger partial charge in [0.1, 0.15) is 35.2 Å². The summed E-state index contributed by atoms with van der Waals surface area (Å²) >= 11 is 0. The summed E-state index contributed by atoms with van der Waals surface area (Å²) in [4.78, 5) is 20.2. The Morgan fingerprint density at radius 2 is 1.69 bits per heavy atom. The van der Waals surface area contributed by atoms with Crippen LogP contribution in [-0.2, 0) is 0 Å². The number of hydrogen-bond donors (Lipinski definition) is 2. The average Bonchev–Trinajstić information content (AvgIpc) is 2.66. The summed E-state index contributed by atoms with van der Waals surface area (Å²) in [5.41, 5.74) is 0.693. The highest BCUT2D eigenvalue weighted by Gasteiger charge is 2.15. The van der Waals surface area contributed by atoms with Crippen LogP contribution in [0, 0.1) is 11.6 Å². The number of carbonyl (C=O) groups excluding carboxylic acids is 1. The van der Waals surface area contributed by atoms with E-state index in [1.165, 1.54) is 12.1 Å². The van der Waals surface area contributed by atoms with E-state index in [2.05, 4.69) is 20.6 Å². The highest BCUT2D eigenvalue weighted by molar-refractivity contribution is 5.93. The highest BCUT2D eigenvalue weighted by Crippen LogP contribution is 2.22. The van der Waals surface area contributed by atoms with Gasteiger partial charge in [-0.1, -0.05) is 36.4 Å². The molecular formula is C19H16F2N4O. The number of carbonyl (C=O) groups is 1. The third kappa shape index (κ3) is 4.00. The van der Waals surface area contributed by atoms with Gasteiger partial charge in [-0.25, -0.2) is 18.7 Å². The van der Waals surface area contributed by atoms with Gasteiger partial charge in [0.05, 0.1) is 6.04 Å². The van der Waals surface area contributed by atoms with Crippen molar-refractivity contribution in [2.45, 2.75) is 13.0 Å². The molecule has 3 aromatic rings. The number of anilines is 2. The summed E-state index contributed by atoms with van der Waals surface area (Å²) in [5, 5.41) is 5.36. The lowest BCUT2D eigenvalue weighted by Gasteiger charge is -2.14. The van der Waals surface area contributed by atoms with Crippen LogP contribution in [0.5, 0.6) is 0 Å². The minimum Gasteiger partial charge on any atom is -0.344 e. The Bertz CT molecular complexity index is 898. The van der Waals surface area contributed by atoms with Crippen LogP contribution in [0.3, 0.4) is 0 Å². The standard InChI is InChI=1S/C19H16F2N4O/c1-12(13-6-3-2-4-7-13)24-19(26)16-10-17(23-11-22-16)25-18-14(20)8-5-9-15(18)21/h2-12H,1H3,(H,24,26)(H,22,23,25). The molecular weight excluding hydrogens is 338 g/mol.